The average Bonchev–Trinajstić information content (AvgIpc) is 2.36. The third-order valence-corrected chi connectivity index (χ3v) is 4.24. The van der Waals surface area contributed by atoms with Crippen LogP contribution < -0.4 is 10.6 Å². The molecule has 104 valence electrons. The van der Waals surface area contributed by atoms with Gasteiger partial charge in [-0.25, -0.2) is 4.98 Å². The molecule has 1 aromatic heterocycles. The zero-order valence-corrected chi connectivity index (χ0v) is 13.0. The summed E-state index contributed by atoms with van der Waals surface area (Å²) in [6.07, 6.45) is 6.04. The number of nitrogens with one attached hydrogen (secondary N) is 2. The van der Waals surface area contributed by atoms with Crippen LogP contribution >= 0.6 is 15.9 Å². The lowest BCUT2D eigenvalue weighted by atomic mass is 9.74. The van der Waals surface area contributed by atoms with Gasteiger partial charge in [-0.05, 0) is 54.6 Å². The van der Waals surface area contributed by atoms with E-state index in [9.17, 15) is 4.79 Å². The first-order chi connectivity index (χ1) is 9.10. The van der Waals surface area contributed by atoms with Crippen LogP contribution in [0.4, 0.5) is 5.82 Å². The molecule has 1 saturated carbocycles. The second-order valence-electron chi connectivity index (χ2n) is 5.02. The highest BCUT2D eigenvalue weighted by molar-refractivity contribution is 9.10. The second-order valence-corrected chi connectivity index (χ2v) is 5.94. The van der Waals surface area contributed by atoms with Crippen molar-refractivity contribution >= 4 is 27.7 Å². The summed E-state index contributed by atoms with van der Waals surface area (Å²) < 4.78 is 0.818. The molecule has 4 nitrogen and oxygen atoms in total. The number of carbonyl (C=O) groups excluding carboxylic acids is 1. The minimum absolute atomic E-state index is 0.00286. The van der Waals surface area contributed by atoms with Gasteiger partial charge < -0.3 is 10.6 Å². The molecule has 2 N–H and O–H groups in total. The number of amides is 1. The lowest BCUT2D eigenvalue weighted by Gasteiger charge is -2.42. The van der Waals surface area contributed by atoms with Gasteiger partial charge in [-0.15, -0.1) is 0 Å². The molecule has 1 aliphatic rings. The molecule has 2 rings (SSSR count). The number of nitrogens with zero attached hydrogens (tertiary/aromatic N) is 1. The summed E-state index contributed by atoms with van der Waals surface area (Å²) in [7, 11) is 0. The summed E-state index contributed by atoms with van der Waals surface area (Å²) in [5.74, 6) is 0.611. The quantitative estimate of drug-likeness (QED) is 0.873. The van der Waals surface area contributed by atoms with Crippen molar-refractivity contribution in [1.29, 1.82) is 0 Å². The fourth-order valence-electron chi connectivity index (χ4n) is 2.40. The van der Waals surface area contributed by atoms with Crippen LogP contribution in [0.5, 0.6) is 0 Å². The Labute approximate surface area is 122 Å². The van der Waals surface area contributed by atoms with Crippen molar-refractivity contribution < 1.29 is 4.79 Å². The van der Waals surface area contributed by atoms with Gasteiger partial charge in [0.1, 0.15) is 5.82 Å². The molecule has 0 unspecified atom stereocenters. The van der Waals surface area contributed by atoms with Gasteiger partial charge in [0.05, 0.1) is 5.56 Å². The zero-order chi connectivity index (χ0) is 13.9. The van der Waals surface area contributed by atoms with Crippen LogP contribution in [0, 0.1) is 0 Å². The average molecular weight is 326 g/mol. The molecule has 0 spiro atoms. The Bertz CT molecular complexity index is 466. The molecule has 0 bridgehead atoms. The molecule has 0 saturated heterocycles. The first kappa shape index (κ1) is 14.3. The minimum Gasteiger partial charge on any atom is -0.370 e. The number of hydrogen-bond acceptors (Lipinski definition) is 3. The molecule has 19 heavy (non-hydrogen) atoms. The van der Waals surface area contributed by atoms with E-state index in [1.54, 1.807) is 6.20 Å². The van der Waals surface area contributed by atoms with E-state index in [1.165, 1.54) is 6.42 Å². The number of pyridine rings is 1. The van der Waals surface area contributed by atoms with Crippen LogP contribution in [0.25, 0.3) is 0 Å². The molecule has 5 heteroatoms. The van der Waals surface area contributed by atoms with E-state index >= 15 is 0 Å². The molecule has 1 fully saturated rings. The summed E-state index contributed by atoms with van der Waals surface area (Å²) >= 11 is 3.37. The van der Waals surface area contributed by atoms with Crippen molar-refractivity contribution in [2.45, 2.75) is 45.1 Å². The van der Waals surface area contributed by atoms with Crippen molar-refractivity contribution in [2.75, 3.05) is 11.9 Å². The van der Waals surface area contributed by atoms with Crippen LogP contribution in [0.3, 0.4) is 0 Å². The van der Waals surface area contributed by atoms with Gasteiger partial charge in [-0.3, -0.25) is 4.79 Å². The van der Waals surface area contributed by atoms with Gasteiger partial charge in [0.2, 0.25) is 0 Å². The fraction of sp³-hybridized carbons (Fsp3) is 0.571. The first-order valence-corrected chi connectivity index (χ1v) is 7.61. The van der Waals surface area contributed by atoms with Gasteiger partial charge >= 0.3 is 0 Å². The maximum absolute atomic E-state index is 12.4. The van der Waals surface area contributed by atoms with E-state index in [2.05, 4.69) is 38.5 Å². The first-order valence-electron chi connectivity index (χ1n) is 6.82. The van der Waals surface area contributed by atoms with Crippen molar-refractivity contribution in [3.05, 3.63) is 22.3 Å². The molecule has 0 radical (unpaired) electrons. The molecule has 1 amide bonds. The molecular formula is C14H20BrN3O. The van der Waals surface area contributed by atoms with Crippen molar-refractivity contribution in [2.24, 2.45) is 0 Å². The monoisotopic (exact) mass is 325 g/mol. The highest BCUT2D eigenvalue weighted by Gasteiger charge is 2.37. The van der Waals surface area contributed by atoms with E-state index in [-0.39, 0.29) is 11.4 Å². The lowest BCUT2D eigenvalue weighted by Crippen LogP contribution is -2.53. The Morgan fingerprint density at radius 2 is 2.21 bits per heavy atom. The molecule has 0 aliphatic heterocycles. The normalized spacial score (nSPS) is 16.6. The summed E-state index contributed by atoms with van der Waals surface area (Å²) in [4.78, 5) is 16.7. The summed E-state index contributed by atoms with van der Waals surface area (Å²) in [5, 5.41) is 6.31. The number of anilines is 1. The molecule has 1 aromatic rings. The van der Waals surface area contributed by atoms with E-state index in [0.717, 1.165) is 30.3 Å². The lowest BCUT2D eigenvalue weighted by molar-refractivity contribution is 0.0821. The number of halogens is 1. The SMILES string of the molecule is CCNc1ncc(Br)cc1C(=O)NC1(CC)CCC1. The number of rotatable bonds is 5. The van der Waals surface area contributed by atoms with Crippen molar-refractivity contribution in [3.63, 3.8) is 0 Å². The largest absolute Gasteiger partial charge is 0.370 e. The Hall–Kier alpha value is -1.10. The smallest absolute Gasteiger partial charge is 0.255 e. The van der Waals surface area contributed by atoms with Gasteiger partial charge in [-0.2, -0.15) is 0 Å². The zero-order valence-electron chi connectivity index (χ0n) is 11.4. The van der Waals surface area contributed by atoms with E-state index in [1.807, 2.05) is 13.0 Å². The Kier molecular flexibility index (Phi) is 4.45. The highest BCUT2D eigenvalue weighted by Crippen LogP contribution is 2.35. The van der Waals surface area contributed by atoms with Gasteiger partial charge in [0.15, 0.2) is 0 Å². The highest BCUT2D eigenvalue weighted by atomic mass is 79.9. The number of carbonyl (C=O) groups is 1. The Morgan fingerprint density at radius 3 is 2.74 bits per heavy atom. The number of aromatic nitrogens is 1. The standard InChI is InChI=1S/C14H20BrN3O/c1-3-14(6-5-7-14)18-13(19)11-8-10(15)9-17-12(11)16-4-2/h8-9H,3-7H2,1-2H3,(H,16,17)(H,18,19). The van der Waals surface area contributed by atoms with Crippen molar-refractivity contribution in [3.8, 4) is 0 Å². The number of hydrogen-bond donors (Lipinski definition) is 2. The van der Waals surface area contributed by atoms with Gasteiger partial charge in [0, 0.05) is 22.8 Å². The fourth-order valence-corrected chi connectivity index (χ4v) is 2.73. The molecule has 0 atom stereocenters. The second kappa shape index (κ2) is 5.90. The van der Waals surface area contributed by atoms with Crippen LogP contribution in [-0.4, -0.2) is 23.0 Å². The van der Waals surface area contributed by atoms with Crippen LogP contribution in [0.2, 0.25) is 0 Å². The summed E-state index contributed by atoms with van der Waals surface area (Å²) in [6, 6.07) is 1.82. The third-order valence-electron chi connectivity index (χ3n) is 3.81. The predicted molar refractivity (Wildman–Crippen MR) is 80.4 cm³/mol. The molecule has 1 aliphatic carbocycles. The van der Waals surface area contributed by atoms with E-state index < -0.39 is 0 Å². The molecule has 0 aromatic carbocycles. The maximum atomic E-state index is 12.4. The summed E-state index contributed by atoms with van der Waals surface area (Å²) in [6.45, 7) is 4.86. The van der Waals surface area contributed by atoms with E-state index in [0.29, 0.717) is 11.4 Å². The van der Waals surface area contributed by atoms with E-state index in [4.69, 9.17) is 0 Å². The molecular weight excluding hydrogens is 306 g/mol. The van der Waals surface area contributed by atoms with Crippen molar-refractivity contribution in [1.82, 2.24) is 10.3 Å². The maximum Gasteiger partial charge on any atom is 0.255 e. The topological polar surface area (TPSA) is 54.0 Å². The van der Waals surface area contributed by atoms with Gasteiger partial charge in [-0.1, -0.05) is 6.92 Å². The Balaban J connectivity index is 2.20. The van der Waals surface area contributed by atoms with Gasteiger partial charge in [0.25, 0.3) is 5.91 Å². The minimum atomic E-state index is -0.0358. The van der Waals surface area contributed by atoms with Crippen LogP contribution in [-0.2, 0) is 0 Å². The van der Waals surface area contributed by atoms with Crippen LogP contribution in [0.15, 0.2) is 16.7 Å². The third kappa shape index (κ3) is 3.08. The predicted octanol–water partition coefficient (Wildman–Crippen LogP) is 3.34. The summed E-state index contributed by atoms with van der Waals surface area (Å²) in [5.41, 5.74) is 0.610. The Morgan fingerprint density at radius 1 is 1.47 bits per heavy atom. The van der Waals surface area contributed by atoms with Crippen LogP contribution in [0.1, 0.15) is 49.9 Å². The molecule has 1 heterocycles.